The molecule has 3 fully saturated rings. The van der Waals surface area contributed by atoms with Gasteiger partial charge in [0.2, 0.25) is 0 Å². The summed E-state index contributed by atoms with van der Waals surface area (Å²) in [6.07, 6.45) is 4.45. The van der Waals surface area contributed by atoms with Crippen LogP contribution in [-0.4, -0.2) is 35.6 Å². The van der Waals surface area contributed by atoms with Gasteiger partial charge in [0.1, 0.15) is 0 Å². The molecule has 3 nitrogen and oxygen atoms in total. The third kappa shape index (κ3) is 2.29. The fraction of sp³-hybridized carbons (Fsp3) is 0.471. The molecular weight excluding hydrogens is 282 g/mol. The summed E-state index contributed by atoms with van der Waals surface area (Å²) >= 11 is 6.53. The minimum Gasteiger partial charge on any atom is -0.379 e. The lowest BCUT2D eigenvalue weighted by Gasteiger charge is -2.45. The van der Waals surface area contributed by atoms with Gasteiger partial charge in [0, 0.05) is 24.2 Å². The van der Waals surface area contributed by atoms with E-state index in [4.69, 9.17) is 11.6 Å². The molecule has 0 spiro atoms. The summed E-state index contributed by atoms with van der Waals surface area (Å²) in [5.74, 6) is 0.777. The van der Waals surface area contributed by atoms with Crippen LogP contribution < -0.4 is 5.32 Å². The van der Waals surface area contributed by atoms with Crippen LogP contribution in [0.25, 0.3) is 10.9 Å². The number of nitrogens with one attached hydrogen (secondary N) is 1. The van der Waals surface area contributed by atoms with E-state index >= 15 is 0 Å². The first kappa shape index (κ1) is 13.4. The van der Waals surface area contributed by atoms with Gasteiger partial charge in [-0.3, -0.25) is 4.98 Å². The molecule has 110 valence electrons. The quantitative estimate of drug-likeness (QED) is 0.916. The van der Waals surface area contributed by atoms with Crippen molar-refractivity contribution < 1.29 is 0 Å². The summed E-state index contributed by atoms with van der Waals surface area (Å²) < 4.78 is 0. The highest BCUT2D eigenvalue weighted by Gasteiger charge is 2.34. The van der Waals surface area contributed by atoms with Crippen molar-refractivity contribution in [3.63, 3.8) is 0 Å². The molecule has 21 heavy (non-hydrogen) atoms. The van der Waals surface area contributed by atoms with Crippen LogP contribution in [0.3, 0.4) is 0 Å². The van der Waals surface area contributed by atoms with E-state index in [0.29, 0.717) is 6.04 Å². The van der Waals surface area contributed by atoms with Crippen molar-refractivity contribution in [2.24, 2.45) is 5.92 Å². The standard InChI is InChI=1S/C17H20ClN3/c1-11-9-14(18)17(13-3-2-6-19-16(11)13)20-15-10-21-7-4-12(15)5-8-21/h2-3,6,9,12,15,20H,4-5,7-8,10H2,1H3. The molecule has 3 aliphatic heterocycles. The number of piperidine rings is 3. The van der Waals surface area contributed by atoms with Crippen LogP contribution >= 0.6 is 11.6 Å². The Balaban J connectivity index is 1.73. The number of aryl methyl sites for hydroxylation is 1. The first-order valence-corrected chi connectivity index (χ1v) is 8.13. The van der Waals surface area contributed by atoms with Gasteiger partial charge >= 0.3 is 0 Å². The SMILES string of the molecule is Cc1cc(Cl)c(NC2CN3CCC2CC3)c2cccnc12. The van der Waals surface area contributed by atoms with Crippen LogP contribution in [0.15, 0.2) is 24.4 Å². The van der Waals surface area contributed by atoms with Gasteiger partial charge in [0.25, 0.3) is 0 Å². The van der Waals surface area contributed by atoms with Crippen LogP contribution in [0.5, 0.6) is 0 Å². The van der Waals surface area contributed by atoms with E-state index in [1.54, 1.807) is 0 Å². The average molecular weight is 302 g/mol. The van der Waals surface area contributed by atoms with Gasteiger partial charge in [-0.25, -0.2) is 0 Å². The molecule has 2 aromatic rings. The Bertz CT molecular complexity index is 677. The molecule has 1 N–H and O–H groups in total. The van der Waals surface area contributed by atoms with Gasteiger partial charge < -0.3 is 10.2 Å². The van der Waals surface area contributed by atoms with Gasteiger partial charge in [-0.15, -0.1) is 0 Å². The van der Waals surface area contributed by atoms with E-state index in [9.17, 15) is 0 Å². The minimum atomic E-state index is 0.510. The summed E-state index contributed by atoms with van der Waals surface area (Å²) in [4.78, 5) is 7.07. The third-order valence-electron chi connectivity index (χ3n) is 5.02. The number of hydrogen-bond acceptors (Lipinski definition) is 3. The van der Waals surface area contributed by atoms with Crippen molar-refractivity contribution in [3.8, 4) is 0 Å². The number of fused-ring (bicyclic) bond motifs is 4. The smallest absolute Gasteiger partial charge is 0.0752 e. The van der Waals surface area contributed by atoms with Gasteiger partial charge in [-0.2, -0.15) is 0 Å². The maximum absolute atomic E-state index is 6.53. The van der Waals surface area contributed by atoms with E-state index in [1.807, 2.05) is 18.3 Å². The second-order valence-corrected chi connectivity index (χ2v) is 6.75. The van der Waals surface area contributed by atoms with Crippen LogP contribution in [0.4, 0.5) is 5.69 Å². The molecule has 2 bridgehead atoms. The Morgan fingerprint density at radius 2 is 2.14 bits per heavy atom. The molecular formula is C17H20ClN3. The van der Waals surface area contributed by atoms with Gasteiger partial charge in [-0.1, -0.05) is 11.6 Å². The van der Waals surface area contributed by atoms with Crippen molar-refractivity contribution >= 4 is 28.2 Å². The number of aromatic nitrogens is 1. The lowest BCUT2D eigenvalue weighted by atomic mass is 9.84. The van der Waals surface area contributed by atoms with Gasteiger partial charge in [-0.05, 0) is 62.5 Å². The molecule has 1 aromatic carbocycles. The number of anilines is 1. The Morgan fingerprint density at radius 1 is 1.33 bits per heavy atom. The van der Waals surface area contributed by atoms with Crippen molar-refractivity contribution in [2.45, 2.75) is 25.8 Å². The molecule has 4 heteroatoms. The van der Waals surface area contributed by atoms with Crippen LogP contribution in [0.2, 0.25) is 5.02 Å². The first-order chi connectivity index (χ1) is 10.2. The van der Waals surface area contributed by atoms with Crippen LogP contribution in [0, 0.1) is 12.8 Å². The number of rotatable bonds is 2. The monoisotopic (exact) mass is 301 g/mol. The third-order valence-corrected chi connectivity index (χ3v) is 5.32. The Labute approximate surface area is 130 Å². The maximum Gasteiger partial charge on any atom is 0.0752 e. The molecule has 3 saturated heterocycles. The van der Waals surface area contributed by atoms with E-state index in [0.717, 1.165) is 39.6 Å². The molecule has 0 radical (unpaired) electrons. The summed E-state index contributed by atoms with van der Waals surface area (Å²) in [5.41, 5.74) is 3.24. The fourth-order valence-electron chi connectivity index (χ4n) is 3.84. The Hall–Kier alpha value is -1.32. The number of benzene rings is 1. The Morgan fingerprint density at radius 3 is 2.86 bits per heavy atom. The lowest BCUT2D eigenvalue weighted by molar-refractivity contribution is 0.0976. The van der Waals surface area contributed by atoms with Gasteiger partial charge in [0.15, 0.2) is 0 Å². The van der Waals surface area contributed by atoms with Crippen LogP contribution in [0.1, 0.15) is 18.4 Å². The number of halogens is 1. The summed E-state index contributed by atoms with van der Waals surface area (Å²) in [6, 6.07) is 6.64. The zero-order valence-electron chi connectivity index (χ0n) is 12.3. The highest BCUT2D eigenvalue weighted by molar-refractivity contribution is 6.35. The molecule has 1 atom stereocenters. The normalized spacial score (nSPS) is 28.0. The molecule has 4 heterocycles. The zero-order valence-corrected chi connectivity index (χ0v) is 13.0. The lowest BCUT2D eigenvalue weighted by Crippen LogP contribution is -2.53. The van der Waals surface area contributed by atoms with E-state index in [1.165, 1.54) is 25.9 Å². The van der Waals surface area contributed by atoms with E-state index < -0.39 is 0 Å². The summed E-state index contributed by atoms with van der Waals surface area (Å²) in [5, 5.41) is 5.68. The fourth-order valence-corrected chi connectivity index (χ4v) is 4.16. The molecule has 0 aliphatic carbocycles. The van der Waals surface area contributed by atoms with Crippen LogP contribution in [-0.2, 0) is 0 Å². The molecule has 0 saturated carbocycles. The molecule has 3 aliphatic rings. The largest absolute Gasteiger partial charge is 0.379 e. The number of hydrogen-bond donors (Lipinski definition) is 1. The van der Waals surface area contributed by atoms with Gasteiger partial charge in [0.05, 0.1) is 16.2 Å². The highest BCUT2D eigenvalue weighted by Crippen LogP contribution is 2.36. The number of pyridine rings is 1. The summed E-state index contributed by atoms with van der Waals surface area (Å²) in [6.45, 7) is 5.72. The van der Waals surface area contributed by atoms with Crippen molar-refractivity contribution in [3.05, 3.63) is 35.0 Å². The maximum atomic E-state index is 6.53. The predicted octanol–water partition coefficient (Wildman–Crippen LogP) is 3.70. The zero-order chi connectivity index (χ0) is 14.4. The molecule has 1 aromatic heterocycles. The Kier molecular flexibility index (Phi) is 3.27. The minimum absolute atomic E-state index is 0.510. The molecule has 5 rings (SSSR count). The topological polar surface area (TPSA) is 28.2 Å². The number of nitrogens with zero attached hydrogens (tertiary/aromatic N) is 2. The first-order valence-electron chi connectivity index (χ1n) is 7.75. The average Bonchev–Trinajstić information content (AvgIpc) is 2.53. The molecule has 1 unspecified atom stereocenters. The highest BCUT2D eigenvalue weighted by atomic mass is 35.5. The van der Waals surface area contributed by atoms with Crippen molar-refractivity contribution in [2.75, 3.05) is 25.0 Å². The van der Waals surface area contributed by atoms with Crippen molar-refractivity contribution in [1.82, 2.24) is 9.88 Å². The molecule has 0 amide bonds. The second-order valence-electron chi connectivity index (χ2n) is 6.34. The predicted molar refractivity (Wildman–Crippen MR) is 88.1 cm³/mol. The van der Waals surface area contributed by atoms with Crippen molar-refractivity contribution in [1.29, 1.82) is 0 Å². The second kappa shape index (κ2) is 5.15. The van der Waals surface area contributed by atoms with E-state index in [-0.39, 0.29) is 0 Å². The van der Waals surface area contributed by atoms with E-state index in [2.05, 4.69) is 28.2 Å². The summed E-state index contributed by atoms with van der Waals surface area (Å²) in [7, 11) is 0.